The Labute approximate surface area is 95.4 Å². The summed E-state index contributed by atoms with van der Waals surface area (Å²) in [4.78, 5) is 14.4. The van der Waals surface area contributed by atoms with Gasteiger partial charge in [-0.2, -0.15) is 4.89 Å². The van der Waals surface area contributed by atoms with E-state index in [1.807, 2.05) is 0 Å². The minimum atomic E-state index is -0.713. The van der Waals surface area contributed by atoms with Crippen LogP contribution in [-0.2, 0) is 14.7 Å². The molecule has 0 unspecified atom stereocenters. The Kier molecular flexibility index (Phi) is 11.8. The van der Waals surface area contributed by atoms with Crippen molar-refractivity contribution in [1.82, 2.24) is 5.32 Å². The molecule has 0 rings (SSSR count). The third kappa shape index (κ3) is 13.3. The third-order valence-electron chi connectivity index (χ3n) is 2.21. The van der Waals surface area contributed by atoms with Gasteiger partial charge in [-0.3, -0.25) is 10.1 Å². The van der Waals surface area contributed by atoms with Gasteiger partial charge in [0.1, 0.15) is 6.73 Å². The molecule has 0 spiro atoms. The topological polar surface area (TPSA) is 88.0 Å². The first-order valence-corrected chi connectivity index (χ1v) is 5.63. The van der Waals surface area contributed by atoms with Crippen molar-refractivity contribution in [1.29, 1.82) is 0 Å². The minimum absolute atomic E-state index is 0.176. The number of rotatable bonds is 12. The minimum Gasteiger partial charge on any atom is -0.481 e. The number of hydrogen-bond acceptors (Lipinski definition) is 5. The van der Waals surface area contributed by atoms with E-state index in [0.717, 1.165) is 45.1 Å². The zero-order chi connectivity index (χ0) is 12.1. The summed E-state index contributed by atoms with van der Waals surface area (Å²) in [6.07, 6.45) is 6.40. The van der Waals surface area contributed by atoms with Crippen molar-refractivity contribution in [3.8, 4) is 0 Å². The first-order chi connectivity index (χ1) is 7.77. The smallest absolute Gasteiger partial charge is 0.303 e. The van der Waals surface area contributed by atoms with Crippen LogP contribution in [0.2, 0.25) is 0 Å². The molecule has 0 saturated heterocycles. The molecule has 0 fully saturated rings. The number of aliphatic carboxylic acids is 1. The quantitative estimate of drug-likeness (QED) is 0.207. The SMILES string of the molecule is O=C(O)CCCCCCCCNCOOO. The molecule has 0 saturated carbocycles. The van der Waals surface area contributed by atoms with Gasteiger partial charge in [-0.05, 0) is 19.4 Å². The van der Waals surface area contributed by atoms with E-state index >= 15 is 0 Å². The van der Waals surface area contributed by atoms with Crippen molar-refractivity contribution in [3.05, 3.63) is 0 Å². The molecule has 6 heteroatoms. The molecule has 0 atom stereocenters. The van der Waals surface area contributed by atoms with Crippen LogP contribution in [0.5, 0.6) is 0 Å². The van der Waals surface area contributed by atoms with E-state index in [-0.39, 0.29) is 13.2 Å². The lowest BCUT2D eigenvalue weighted by Gasteiger charge is -2.03. The summed E-state index contributed by atoms with van der Waals surface area (Å²) in [6, 6.07) is 0. The normalized spacial score (nSPS) is 10.6. The molecule has 96 valence electrons. The van der Waals surface area contributed by atoms with Crippen LogP contribution in [0.15, 0.2) is 0 Å². The predicted octanol–water partition coefficient (Wildman–Crippen LogP) is 1.77. The van der Waals surface area contributed by atoms with Gasteiger partial charge in [-0.25, -0.2) is 5.26 Å². The first kappa shape index (κ1) is 15.3. The van der Waals surface area contributed by atoms with Crippen LogP contribution in [0.3, 0.4) is 0 Å². The molecule has 6 nitrogen and oxygen atoms in total. The van der Waals surface area contributed by atoms with E-state index in [4.69, 9.17) is 10.4 Å². The summed E-state index contributed by atoms with van der Waals surface area (Å²) < 4.78 is 0. The van der Waals surface area contributed by atoms with Crippen molar-refractivity contribution in [2.45, 2.75) is 44.9 Å². The van der Waals surface area contributed by atoms with Gasteiger partial charge >= 0.3 is 5.97 Å². The molecule has 0 radical (unpaired) electrons. The van der Waals surface area contributed by atoms with Crippen LogP contribution in [0.1, 0.15) is 44.9 Å². The molecule has 0 aliphatic heterocycles. The molecule has 0 aliphatic carbocycles. The van der Waals surface area contributed by atoms with Gasteiger partial charge in [0.05, 0.1) is 0 Å². The summed E-state index contributed by atoms with van der Waals surface area (Å²) >= 11 is 0. The second kappa shape index (κ2) is 12.4. The van der Waals surface area contributed by atoms with E-state index in [1.54, 1.807) is 0 Å². The van der Waals surface area contributed by atoms with Crippen LogP contribution >= 0.6 is 0 Å². The molecule has 0 amide bonds. The van der Waals surface area contributed by atoms with Gasteiger partial charge < -0.3 is 5.11 Å². The van der Waals surface area contributed by atoms with E-state index in [1.165, 1.54) is 0 Å². The fraction of sp³-hybridized carbons (Fsp3) is 0.900. The summed E-state index contributed by atoms with van der Waals surface area (Å²) in [5.74, 6) is -0.713. The van der Waals surface area contributed by atoms with Crippen LogP contribution in [-0.4, -0.2) is 29.6 Å². The van der Waals surface area contributed by atoms with Crippen LogP contribution in [0, 0.1) is 0 Å². The Hall–Kier alpha value is -0.690. The van der Waals surface area contributed by atoms with Gasteiger partial charge in [0.25, 0.3) is 0 Å². The Morgan fingerprint density at radius 1 is 1.06 bits per heavy atom. The number of hydrogen-bond donors (Lipinski definition) is 3. The van der Waals surface area contributed by atoms with Gasteiger partial charge in [-0.1, -0.05) is 30.7 Å². The zero-order valence-corrected chi connectivity index (χ0v) is 9.48. The van der Waals surface area contributed by atoms with Gasteiger partial charge in [0, 0.05) is 6.42 Å². The molecule has 3 N–H and O–H groups in total. The monoisotopic (exact) mass is 235 g/mol. The molecule has 0 bridgehead atoms. The third-order valence-corrected chi connectivity index (χ3v) is 2.21. The van der Waals surface area contributed by atoms with Gasteiger partial charge in [0.15, 0.2) is 0 Å². The van der Waals surface area contributed by atoms with Crippen LogP contribution < -0.4 is 5.32 Å². The van der Waals surface area contributed by atoms with E-state index < -0.39 is 5.97 Å². The lowest BCUT2D eigenvalue weighted by Crippen LogP contribution is -2.18. The second-order valence-electron chi connectivity index (χ2n) is 3.60. The largest absolute Gasteiger partial charge is 0.481 e. The maximum absolute atomic E-state index is 10.2. The molecule has 0 aliphatic rings. The molecule has 16 heavy (non-hydrogen) atoms. The number of carboxylic acid groups (broad SMARTS) is 1. The van der Waals surface area contributed by atoms with Gasteiger partial charge in [-0.15, -0.1) is 0 Å². The Morgan fingerprint density at radius 3 is 2.31 bits per heavy atom. The van der Waals surface area contributed by atoms with Crippen molar-refractivity contribution < 1.29 is 25.1 Å². The van der Waals surface area contributed by atoms with Crippen molar-refractivity contribution >= 4 is 5.97 Å². The summed E-state index contributed by atoms with van der Waals surface area (Å²) in [5.41, 5.74) is 0. The summed E-state index contributed by atoms with van der Waals surface area (Å²) in [6.45, 7) is 0.994. The maximum Gasteiger partial charge on any atom is 0.303 e. The summed E-state index contributed by atoms with van der Waals surface area (Å²) in [5, 5.41) is 22.6. The maximum atomic E-state index is 10.2. The molecular weight excluding hydrogens is 214 g/mol. The number of carbonyl (C=O) groups is 1. The van der Waals surface area contributed by atoms with Crippen LogP contribution in [0.25, 0.3) is 0 Å². The molecule has 0 heterocycles. The molecule has 0 aromatic heterocycles. The Morgan fingerprint density at radius 2 is 1.69 bits per heavy atom. The highest BCUT2D eigenvalue weighted by atomic mass is 17.5. The molecule has 0 aromatic rings. The fourth-order valence-corrected chi connectivity index (χ4v) is 1.37. The van der Waals surface area contributed by atoms with Gasteiger partial charge in [0.2, 0.25) is 0 Å². The van der Waals surface area contributed by atoms with Crippen molar-refractivity contribution in [2.75, 3.05) is 13.3 Å². The Balaban J connectivity index is 2.90. The average Bonchev–Trinajstić information content (AvgIpc) is 2.25. The van der Waals surface area contributed by atoms with Crippen LogP contribution in [0.4, 0.5) is 0 Å². The highest BCUT2D eigenvalue weighted by Gasteiger charge is 1.96. The second-order valence-corrected chi connectivity index (χ2v) is 3.60. The van der Waals surface area contributed by atoms with E-state index in [9.17, 15) is 4.79 Å². The number of unbranched alkanes of at least 4 members (excludes halogenated alkanes) is 5. The van der Waals surface area contributed by atoms with Crippen molar-refractivity contribution in [2.24, 2.45) is 0 Å². The lowest BCUT2D eigenvalue weighted by molar-refractivity contribution is -0.492. The molecular formula is C10H21NO5. The zero-order valence-electron chi connectivity index (χ0n) is 9.48. The average molecular weight is 235 g/mol. The summed E-state index contributed by atoms with van der Waals surface area (Å²) in [7, 11) is 0. The van der Waals surface area contributed by atoms with Crippen molar-refractivity contribution in [3.63, 3.8) is 0 Å². The predicted molar refractivity (Wildman–Crippen MR) is 57.6 cm³/mol. The highest BCUT2D eigenvalue weighted by Crippen LogP contribution is 2.06. The Bertz CT molecular complexity index is 165. The highest BCUT2D eigenvalue weighted by molar-refractivity contribution is 5.66. The standard InChI is InChI=1S/C10H21NO5/c12-10(13)7-5-3-1-2-4-6-8-11-9-15-16-14/h11,14H,1-9H2,(H,12,13). The van der Waals surface area contributed by atoms with E-state index in [0.29, 0.717) is 0 Å². The fourth-order valence-electron chi connectivity index (χ4n) is 1.37. The van der Waals surface area contributed by atoms with E-state index in [2.05, 4.69) is 15.2 Å². The number of carboxylic acids is 1. The molecule has 0 aromatic carbocycles. The number of nitrogens with one attached hydrogen (secondary N) is 1. The lowest BCUT2D eigenvalue weighted by atomic mass is 10.1. The first-order valence-electron chi connectivity index (χ1n) is 5.63.